The van der Waals surface area contributed by atoms with Gasteiger partial charge in [-0.2, -0.15) is 0 Å². The molecule has 2 heterocycles. The SMILES string of the molecule is S=c1nc(Nc2ccc(Cl)cc2)c2c([nH]1)CNC2. The minimum absolute atomic E-state index is 0.494. The minimum atomic E-state index is 0.494. The number of hydrogen-bond donors (Lipinski definition) is 3. The van der Waals surface area contributed by atoms with Crippen molar-refractivity contribution in [3.05, 3.63) is 45.3 Å². The van der Waals surface area contributed by atoms with Crippen molar-refractivity contribution >= 4 is 35.3 Å². The molecule has 1 aliphatic rings. The summed E-state index contributed by atoms with van der Waals surface area (Å²) < 4.78 is 0.494. The summed E-state index contributed by atoms with van der Waals surface area (Å²) in [7, 11) is 0. The number of aromatic nitrogens is 2. The van der Waals surface area contributed by atoms with Crippen molar-refractivity contribution in [2.75, 3.05) is 5.32 Å². The van der Waals surface area contributed by atoms with Crippen molar-refractivity contribution in [3.8, 4) is 0 Å². The largest absolute Gasteiger partial charge is 0.340 e. The van der Waals surface area contributed by atoms with Crippen molar-refractivity contribution in [1.82, 2.24) is 15.3 Å². The topological polar surface area (TPSA) is 52.7 Å². The lowest BCUT2D eigenvalue weighted by molar-refractivity contribution is 0.757. The first kappa shape index (κ1) is 11.6. The predicted molar refractivity (Wildman–Crippen MR) is 74.7 cm³/mol. The first-order valence-corrected chi connectivity index (χ1v) is 6.36. The van der Waals surface area contributed by atoms with Crippen LogP contribution in [0.15, 0.2) is 24.3 Å². The molecule has 0 radical (unpaired) electrons. The predicted octanol–water partition coefficient (Wildman–Crippen LogP) is 3.14. The minimum Gasteiger partial charge on any atom is -0.340 e. The van der Waals surface area contributed by atoms with Crippen molar-refractivity contribution in [2.24, 2.45) is 0 Å². The van der Waals surface area contributed by atoms with Gasteiger partial charge in [-0.15, -0.1) is 0 Å². The summed E-state index contributed by atoms with van der Waals surface area (Å²) >= 11 is 11.0. The highest BCUT2D eigenvalue weighted by Crippen LogP contribution is 2.24. The zero-order valence-electron chi connectivity index (χ0n) is 9.46. The van der Waals surface area contributed by atoms with E-state index in [0.29, 0.717) is 9.79 Å². The van der Waals surface area contributed by atoms with Crippen LogP contribution in [0.2, 0.25) is 5.02 Å². The summed E-state index contributed by atoms with van der Waals surface area (Å²) in [5.41, 5.74) is 3.19. The average molecular weight is 279 g/mol. The molecule has 92 valence electrons. The lowest BCUT2D eigenvalue weighted by atomic mass is 10.2. The number of hydrogen-bond acceptors (Lipinski definition) is 4. The van der Waals surface area contributed by atoms with E-state index in [0.717, 1.165) is 35.9 Å². The number of rotatable bonds is 2. The highest BCUT2D eigenvalue weighted by atomic mass is 35.5. The van der Waals surface area contributed by atoms with Gasteiger partial charge in [0.2, 0.25) is 0 Å². The molecule has 18 heavy (non-hydrogen) atoms. The maximum atomic E-state index is 5.86. The van der Waals surface area contributed by atoms with Crippen LogP contribution in [0.4, 0.5) is 11.5 Å². The van der Waals surface area contributed by atoms with E-state index in [1.54, 1.807) is 0 Å². The second-order valence-corrected chi connectivity index (χ2v) is 4.91. The highest BCUT2D eigenvalue weighted by Gasteiger charge is 2.16. The molecule has 6 heteroatoms. The molecule has 0 bridgehead atoms. The van der Waals surface area contributed by atoms with Crippen LogP contribution < -0.4 is 10.6 Å². The summed E-state index contributed by atoms with van der Waals surface area (Å²) in [6.07, 6.45) is 0. The van der Waals surface area contributed by atoms with Crippen LogP contribution >= 0.6 is 23.8 Å². The van der Waals surface area contributed by atoms with Crippen molar-refractivity contribution in [3.63, 3.8) is 0 Å². The second-order valence-electron chi connectivity index (χ2n) is 4.08. The van der Waals surface area contributed by atoms with Gasteiger partial charge in [-0.1, -0.05) is 11.6 Å². The molecule has 1 aromatic carbocycles. The van der Waals surface area contributed by atoms with E-state index in [1.165, 1.54) is 0 Å². The monoisotopic (exact) mass is 278 g/mol. The number of aromatic amines is 1. The van der Waals surface area contributed by atoms with Gasteiger partial charge in [-0.05, 0) is 36.5 Å². The van der Waals surface area contributed by atoms with E-state index in [1.807, 2.05) is 24.3 Å². The smallest absolute Gasteiger partial charge is 0.199 e. The number of nitrogens with zero attached hydrogens (tertiary/aromatic N) is 1. The number of fused-ring (bicyclic) bond motifs is 1. The molecule has 2 aromatic rings. The lowest BCUT2D eigenvalue weighted by Gasteiger charge is -2.09. The Morgan fingerprint density at radius 2 is 2.00 bits per heavy atom. The molecule has 0 saturated carbocycles. The number of anilines is 2. The van der Waals surface area contributed by atoms with Gasteiger partial charge < -0.3 is 15.6 Å². The van der Waals surface area contributed by atoms with Crippen LogP contribution in [0, 0.1) is 4.77 Å². The third kappa shape index (κ3) is 2.25. The van der Waals surface area contributed by atoms with Crippen LogP contribution in [-0.4, -0.2) is 9.97 Å². The fourth-order valence-electron chi connectivity index (χ4n) is 1.97. The van der Waals surface area contributed by atoms with Gasteiger partial charge >= 0.3 is 0 Å². The molecule has 1 aliphatic heterocycles. The Labute approximate surface area is 114 Å². The van der Waals surface area contributed by atoms with Gasteiger partial charge in [-0.3, -0.25) is 0 Å². The molecule has 0 unspecified atom stereocenters. The van der Waals surface area contributed by atoms with E-state index in [9.17, 15) is 0 Å². The van der Waals surface area contributed by atoms with Gasteiger partial charge in [0.05, 0.1) is 0 Å². The Hall–Kier alpha value is -1.43. The van der Waals surface area contributed by atoms with Gasteiger partial charge in [-0.25, -0.2) is 4.98 Å². The third-order valence-corrected chi connectivity index (χ3v) is 3.28. The van der Waals surface area contributed by atoms with Gasteiger partial charge in [0.1, 0.15) is 5.82 Å². The highest BCUT2D eigenvalue weighted by molar-refractivity contribution is 7.71. The van der Waals surface area contributed by atoms with Crippen LogP contribution in [0.1, 0.15) is 11.3 Å². The lowest BCUT2D eigenvalue weighted by Crippen LogP contribution is -2.02. The maximum absolute atomic E-state index is 5.86. The van der Waals surface area contributed by atoms with E-state index < -0.39 is 0 Å². The molecule has 0 fully saturated rings. The zero-order valence-corrected chi connectivity index (χ0v) is 11.0. The molecule has 3 rings (SSSR count). The third-order valence-electron chi connectivity index (χ3n) is 2.83. The van der Waals surface area contributed by atoms with Crippen LogP contribution in [-0.2, 0) is 13.1 Å². The van der Waals surface area contributed by atoms with Crippen molar-refractivity contribution in [2.45, 2.75) is 13.1 Å². The standard InChI is InChI=1S/C12H11ClN4S/c13-7-1-3-8(4-2-7)15-11-9-5-14-6-10(9)16-12(18)17-11/h1-4,14H,5-6H2,(H2,15,16,17,18). The number of nitrogens with one attached hydrogen (secondary N) is 3. The molecule has 0 spiro atoms. The van der Waals surface area contributed by atoms with Gasteiger partial charge in [0.15, 0.2) is 4.77 Å². The summed E-state index contributed by atoms with van der Waals surface area (Å²) in [4.78, 5) is 7.44. The van der Waals surface area contributed by atoms with Gasteiger partial charge in [0, 0.05) is 35.1 Å². The van der Waals surface area contributed by atoms with Gasteiger partial charge in [0.25, 0.3) is 0 Å². The van der Waals surface area contributed by atoms with Crippen molar-refractivity contribution in [1.29, 1.82) is 0 Å². The first-order valence-electron chi connectivity index (χ1n) is 5.58. The summed E-state index contributed by atoms with van der Waals surface area (Å²) in [5, 5.41) is 7.26. The fourth-order valence-corrected chi connectivity index (χ4v) is 2.31. The van der Waals surface area contributed by atoms with E-state index in [2.05, 4.69) is 20.6 Å². The Morgan fingerprint density at radius 3 is 2.78 bits per heavy atom. The normalized spacial score (nSPS) is 13.4. The summed E-state index contributed by atoms with van der Waals surface area (Å²) in [6.45, 7) is 1.60. The molecule has 0 atom stereocenters. The summed E-state index contributed by atoms with van der Waals surface area (Å²) in [6, 6.07) is 7.51. The molecule has 4 nitrogen and oxygen atoms in total. The Bertz CT molecular complexity index is 636. The number of halogens is 1. The maximum Gasteiger partial charge on any atom is 0.199 e. The Kier molecular flexibility index (Phi) is 3.03. The molecule has 1 aromatic heterocycles. The molecular formula is C12H11ClN4S. The van der Waals surface area contributed by atoms with Crippen LogP contribution in [0.25, 0.3) is 0 Å². The molecule has 0 amide bonds. The van der Waals surface area contributed by atoms with E-state index in [4.69, 9.17) is 23.8 Å². The number of benzene rings is 1. The summed E-state index contributed by atoms with van der Waals surface area (Å²) in [5.74, 6) is 0.807. The Morgan fingerprint density at radius 1 is 1.22 bits per heavy atom. The van der Waals surface area contributed by atoms with Crippen LogP contribution in [0.5, 0.6) is 0 Å². The molecule has 3 N–H and O–H groups in total. The molecule has 0 aliphatic carbocycles. The van der Waals surface area contributed by atoms with E-state index in [-0.39, 0.29) is 0 Å². The van der Waals surface area contributed by atoms with Crippen molar-refractivity contribution < 1.29 is 0 Å². The fraction of sp³-hybridized carbons (Fsp3) is 0.167. The number of H-pyrrole nitrogens is 1. The first-order chi connectivity index (χ1) is 8.72. The molecule has 0 saturated heterocycles. The average Bonchev–Trinajstić information content (AvgIpc) is 2.80. The van der Waals surface area contributed by atoms with Crippen LogP contribution in [0.3, 0.4) is 0 Å². The zero-order chi connectivity index (χ0) is 12.5. The second kappa shape index (κ2) is 4.68. The van der Waals surface area contributed by atoms with E-state index >= 15 is 0 Å². The quantitative estimate of drug-likeness (QED) is 0.739. The Balaban J connectivity index is 1.98. The molecular weight excluding hydrogens is 268 g/mol.